The van der Waals surface area contributed by atoms with Crippen LogP contribution in [0.3, 0.4) is 0 Å². The van der Waals surface area contributed by atoms with E-state index in [0.29, 0.717) is 0 Å². The van der Waals surface area contributed by atoms with Crippen molar-refractivity contribution in [1.82, 2.24) is 0 Å². The third kappa shape index (κ3) is 1.56. The summed E-state index contributed by atoms with van der Waals surface area (Å²) in [6, 6.07) is 14.4. The zero-order valence-corrected chi connectivity index (χ0v) is 7.62. The molecule has 0 aliphatic rings. The van der Waals surface area contributed by atoms with Crippen LogP contribution in [0.25, 0.3) is 10.8 Å². The molecule has 2 N–H and O–H groups in total. The minimum Gasteiger partial charge on any atom is -0.440 e. The van der Waals surface area contributed by atoms with Gasteiger partial charge >= 0.3 is 0 Å². The van der Waals surface area contributed by atoms with Crippen molar-refractivity contribution in [1.29, 1.82) is 0 Å². The van der Waals surface area contributed by atoms with Crippen molar-refractivity contribution < 1.29 is 5.11 Å². The zero-order valence-electron chi connectivity index (χ0n) is 7.62. The van der Waals surface area contributed by atoms with Gasteiger partial charge in [0.05, 0.1) is 0 Å². The Balaban J connectivity index is 2.62. The molecule has 2 aromatic carbocycles. The molecule has 0 bridgehead atoms. The fourth-order valence-electron chi connectivity index (χ4n) is 1.48. The highest BCUT2D eigenvalue weighted by atomic mass is 16.3. The molecule has 0 heterocycles. The van der Waals surface area contributed by atoms with Crippen molar-refractivity contribution >= 4 is 10.8 Å². The Bertz CT molecular complexity index is 418. The first-order chi connectivity index (χ1) is 6.27. The smallest absolute Gasteiger partial charge is 0.177 e. The van der Waals surface area contributed by atoms with E-state index >= 15 is 0 Å². The summed E-state index contributed by atoms with van der Waals surface area (Å²) < 4.78 is 0. The second kappa shape index (κ2) is 3.19. The molecule has 1 heteroatoms. The Kier molecular flexibility index (Phi) is 2.03. The highest BCUT2D eigenvalue weighted by molar-refractivity contribution is 5.83. The zero-order chi connectivity index (χ0) is 9.26. The van der Waals surface area contributed by atoms with Crippen LogP contribution >= 0.6 is 0 Å². The molecular formula is C12H13O+. The van der Waals surface area contributed by atoms with Crippen LogP contribution in [0.4, 0.5) is 0 Å². The van der Waals surface area contributed by atoms with Crippen LogP contribution in [-0.2, 0) is 0 Å². The van der Waals surface area contributed by atoms with Gasteiger partial charge in [0.2, 0.25) is 0 Å². The fourth-order valence-corrected chi connectivity index (χ4v) is 1.48. The van der Waals surface area contributed by atoms with Gasteiger partial charge < -0.3 is 5.11 Å². The van der Waals surface area contributed by atoms with Crippen LogP contribution in [0.2, 0.25) is 0 Å². The molecule has 0 aliphatic heterocycles. The van der Waals surface area contributed by atoms with Gasteiger partial charge in [-0.05, 0) is 16.8 Å². The van der Waals surface area contributed by atoms with Crippen molar-refractivity contribution in [2.24, 2.45) is 0 Å². The van der Waals surface area contributed by atoms with Crippen LogP contribution < -0.4 is 0 Å². The number of hydrogen-bond acceptors (Lipinski definition) is 0. The molecule has 0 spiro atoms. The predicted octanol–water partition coefficient (Wildman–Crippen LogP) is 2.63. The van der Waals surface area contributed by atoms with Gasteiger partial charge in [-0.2, -0.15) is 0 Å². The van der Waals surface area contributed by atoms with Gasteiger partial charge in [-0.25, -0.2) is 0 Å². The fraction of sp³-hybridized carbons (Fsp3) is 0.167. The van der Waals surface area contributed by atoms with E-state index in [4.69, 9.17) is 5.11 Å². The lowest BCUT2D eigenvalue weighted by atomic mass is 10.0. The van der Waals surface area contributed by atoms with Gasteiger partial charge in [-0.15, -0.1) is 0 Å². The largest absolute Gasteiger partial charge is 0.440 e. The summed E-state index contributed by atoms with van der Waals surface area (Å²) in [7, 11) is 0. The van der Waals surface area contributed by atoms with Gasteiger partial charge in [0, 0.05) is 12.5 Å². The molecule has 1 nitrogen and oxygen atoms in total. The Morgan fingerprint density at radius 2 is 1.69 bits per heavy atom. The number of hydrogen-bond donors (Lipinski definition) is 0. The Hall–Kier alpha value is -1.34. The first-order valence-electron chi connectivity index (χ1n) is 4.47. The van der Waals surface area contributed by atoms with Gasteiger partial charge in [0.1, 0.15) is 0 Å². The molecular weight excluding hydrogens is 160 g/mol. The van der Waals surface area contributed by atoms with Crippen LogP contribution in [0, 0.1) is 0 Å². The van der Waals surface area contributed by atoms with Gasteiger partial charge in [0.15, 0.2) is 6.10 Å². The molecule has 2 aromatic rings. The first kappa shape index (κ1) is 8.27. The van der Waals surface area contributed by atoms with Crippen LogP contribution in [0.1, 0.15) is 18.6 Å². The molecule has 66 valence electrons. The Morgan fingerprint density at radius 3 is 2.38 bits per heavy atom. The Labute approximate surface area is 77.6 Å². The SMILES string of the molecule is CC([OH2+])c1ccc2ccccc2c1. The monoisotopic (exact) mass is 173 g/mol. The summed E-state index contributed by atoms with van der Waals surface area (Å²) in [5, 5.41) is 10.1. The number of benzene rings is 2. The van der Waals surface area contributed by atoms with Gasteiger partial charge in [0.25, 0.3) is 0 Å². The highest BCUT2D eigenvalue weighted by Gasteiger charge is 2.04. The van der Waals surface area contributed by atoms with E-state index in [9.17, 15) is 0 Å². The minimum absolute atomic E-state index is 0.135. The third-order valence-corrected chi connectivity index (χ3v) is 2.27. The van der Waals surface area contributed by atoms with E-state index in [2.05, 4.69) is 24.3 Å². The second-order valence-electron chi connectivity index (χ2n) is 3.33. The van der Waals surface area contributed by atoms with Crippen LogP contribution in [0.5, 0.6) is 0 Å². The summed E-state index contributed by atoms with van der Waals surface area (Å²) in [6.07, 6.45) is -0.135. The maximum absolute atomic E-state index is 7.59. The predicted molar refractivity (Wildman–Crippen MR) is 56.0 cm³/mol. The standard InChI is InChI=1S/C12H12O/c1-9(13)11-7-6-10-4-2-3-5-12(10)8-11/h2-9,13H,1H3/p+1. The summed E-state index contributed by atoms with van der Waals surface area (Å²) in [5.74, 6) is 0. The summed E-state index contributed by atoms with van der Waals surface area (Å²) in [4.78, 5) is 0. The van der Waals surface area contributed by atoms with E-state index in [1.54, 1.807) is 0 Å². The average Bonchev–Trinajstić information content (AvgIpc) is 2.17. The molecule has 0 fully saturated rings. The van der Waals surface area contributed by atoms with Crippen LogP contribution in [0.15, 0.2) is 42.5 Å². The summed E-state index contributed by atoms with van der Waals surface area (Å²) >= 11 is 0. The molecule has 0 saturated carbocycles. The van der Waals surface area contributed by atoms with E-state index in [-0.39, 0.29) is 6.10 Å². The summed E-state index contributed by atoms with van der Waals surface area (Å²) in [5.41, 5.74) is 1.08. The van der Waals surface area contributed by atoms with E-state index in [0.717, 1.165) is 5.56 Å². The lowest BCUT2D eigenvalue weighted by Crippen LogP contribution is -1.89. The van der Waals surface area contributed by atoms with Crippen molar-refractivity contribution in [3.8, 4) is 0 Å². The summed E-state index contributed by atoms with van der Waals surface area (Å²) in [6.45, 7) is 1.89. The molecule has 13 heavy (non-hydrogen) atoms. The Morgan fingerprint density at radius 1 is 1.00 bits per heavy atom. The molecule has 0 radical (unpaired) electrons. The van der Waals surface area contributed by atoms with Crippen molar-refractivity contribution in [3.63, 3.8) is 0 Å². The first-order valence-corrected chi connectivity index (χ1v) is 4.47. The molecule has 0 saturated heterocycles. The van der Waals surface area contributed by atoms with E-state index in [1.165, 1.54) is 10.8 Å². The topological polar surface area (TPSA) is 22.9 Å². The number of rotatable bonds is 1. The lowest BCUT2D eigenvalue weighted by molar-refractivity contribution is 0.199. The molecule has 2 rings (SSSR count). The molecule has 0 aliphatic carbocycles. The van der Waals surface area contributed by atoms with E-state index < -0.39 is 0 Å². The van der Waals surface area contributed by atoms with Gasteiger partial charge in [-0.3, -0.25) is 0 Å². The minimum atomic E-state index is -0.135. The third-order valence-electron chi connectivity index (χ3n) is 2.27. The number of fused-ring (bicyclic) bond motifs is 1. The van der Waals surface area contributed by atoms with Crippen LogP contribution in [-0.4, -0.2) is 5.11 Å². The van der Waals surface area contributed by atoms with Gasteiger partial charge in [-0.1, -0.05) is 36.4 Å². The highest BCUT2D eigenvalue weighted by Crippen LogP contribution is 2.19. The molecule has 1 unspecified atom stereocenters. The molecule has 0 aromatic heterocycles. The normalized spacial score (nSPS) is 13.1. The van der Waals surface area contributed by atoms with E-state index in [1.807, 2.05) is 25.1 Å². The lowest BCUT2D eigenvalue weighted by Gasteiger charge is -2.02. The maximum atomic E-state index is 7.59. The van der Waals surface area contributed by atoms with Crippen molar-refractivity contribution in [2.45, 2.75) is 13.0 Å². The maximum Gasteiger partial charge on any atom is 0.177 e. The van der Waals surface area contributed by atoms with Crippen molar-refractivity contribution in [3.05, 3.63) is 48.0 Å². The van der Waals surface area contributed by atoms with Crippen molar-refractivity contribution in [2.75, 3.05) is 0 Å². The molecule has 0 amide bonds. The second-order valence-corrected chi connectivity index (χ2v) is 3.33. The molecule has 1 atom stereocenters. The average molecular weight is 173 g/mol. The quantitative estimate of drug-likeness (QED) is 0.592.